The smallest absolute Gasteiger partial charge is 0.162 e. The Hall–Kier alpha value is -1.84. The monoisotopic (exact) mass is 258 g/mol. The third kappa shape index (κ3) is 2.01. The van der Waals surface area contributed by atoms with Gasteiger partial charge >= 0.3 is 0 Å². The van der Waals surface area contributed by atoms with Gasteiger partial charge in [-0.05, 0) is 25.8 Å². The molecule has 1 fully saturated rings. The van der Waals surface area contributed by atoms with E-state index in [1.165, 1.54) is 19.3 Å². The molecule has 4 heteroatoms. The van der Waals surface area contributed by atoms with Gasteiger partial charge in [0.05, 0.1) is 19.7 Å². The maximum atomic E-state index is 5.34. The van der Waals surface area contributed by atoms with E-state index in [4.69, 9.17) is 14.5 Å². The van der Waals surface area contributed by atoms with E-state index in [2.05, 4.69) is 4.98 Å². The predicted octanol–water partition coefficient (Wildman–Crippen LogP) is 3.22. The summed E-state index contributed by atoms with van der Waals surface area (Å²) in [6, 6.07) is 3.89. The van der Waals surface area contributed by atoms with Gasteiger partial charge in [-0.1, -0.05) is 6.42 Å². The van der Waals surface area contributed by atoms with Crippen molar-refractivity contribution in [2.75, 3.05) is 14.2 Å². The number of hydrogen-bond donors (Lipinski definition) is 0. The molecular formula is C15H18N2O2. The molecule has 0 spiro atoms. The fourth-order valence-electron chi connectivity index (χ4n) is 2.48. The number of rotatable bonds is 3. The molecule has 0 aliphatic heterocycles. The summed E-state index contributed by atoms with van der Waals surface area (Å²) in [6.07, 6.45) is 3.70. The fourth-order valence-corrected chi connectivity index (χ4v) is 2.48. The van der Waals surface area contributed by atoms with Gasteiger partial charge in [0, 0.05) is 23.1 Å². The Morgan fingerprint density at radius 1 is 1.05 bits per heavy atom. The molecule has 0 bridgehead atoms. The minimum Gasteiger partial charge on any atom is -0.493 e. The molecule has 2 aromatic rings. The first kappa shape index (κ1) is 12.2. The molecule has 0 unspecified atom stereocenters. The average molecular weight is 258 g/mol. The van der Waals surface area contributed by atoms with E-state index in [1.807, 2.05) is 19.1 Å². The summed E-state index contributed by atoms with van der Waals surface area (Å²) in [4.78, 5) is 9.34. The highest BCUT2D eigenvalue weighted by Gasteiger charge is 2.23. The molecule has 1 aromatic heterocycles. The molecule has 0 N–H and O–H groups in total. The van der Waals surface area contributed by atoms with Gasteiger partial charge < -0.3 is 9.47 Å². The van der Waals surface area contributed by atoms with Gasteiger partial charge in [0.15, 0.2) is 11.5 Å². The largest absolute Gasteiger partial charge is 0.493 e. The van der Waals surface area contributed by atoms with Crippen LogP contribution in [0, 0.1) is 6.92 Å². The molecule has 1 aliphatic rings. The Bertz CT molecular complexity index is 621. The Labute approximate surface area is 112 Å². The number of benzene rings is 1. The standard InChI is InChI=1S/C15H18N2O2/c1-9-11-7-13(18-2)14(19-3)8-12(11)17-15(16-9)10-5-4-6-10/h7-8,10H,4-6H2,1-3H3. The first-order valence-electron chi connectivity index (χ1n) is 6.63. The Morgan fingerprint density at radius 2 is 1.74 bits per heavy atom. The van der Waals surface area contributed by atoms with Crippen molar-refractivity contribution in [3.63, 3.8) is 0 Å². The first-order valence-corrected chi connectivity index (χ1v) is 6.63. The molecule has 0 atom stereocenters. The summed E-state index contributed by atoms with van der Waals surface area (Å²) in [5, 5.41) is 1.03. The third-order valence-corrected chi connectivity index (χ3v) is 3.88. The maximum Gasteiger partial charge on any atom is 0.162 e. The lowest BCUT2D eigenvalue weighted by Crippen LogP contribution is -2.13. The summed E-state index contributed by atoms with van der Waals surface area (Å²) in [5.41, 5.74) is 1.94. The minimum atomic E-state index is 0.538. The molecule has 0 amide bonds. The summed E-state index contributed by atoms with van der Waals surface area (Å²) in [5.74, 6) is 2.95. The average Bonchev–Trinajstić information content (AvgIpc) is 2.35. The molecule has 3 rings (SSSR count). The number of hydrogen-bond acceptors (Lipinski definition) is 4. The van der Waals surface area contributed by atoms with Crippen LogP contribution in [-0.2, 0) is 0 Å². The van der Waals surface area contributed by atoms with Gasteiger partial charge in [0.2, 0.25) is 0 Å². The van der Waals surface area contributed by atoms with E-state index in [1.54, 1.807) is 14.2 Å². The highest BCUT2D eigenvalue weighted by Crippen LogP contribution is 2.37. The quantitative estimate of drug-likeness (QED) is 0.848. The summed E-state index contributed by atoms with van der Waals surface area (Å²) in [7, 11) is 3.28. The van der Waals surface area contributed by atoms with Crippen molar-refractivity contribution in [1.82, 2.24) is 9.97 Å². The normalized spacial score (nSPS) is 15.3. The minimum absolute atomic E-state index is 0.538. The fraction of sp³-hybridized carbons (Fsp3) is 0.467. The molecule has 1 aromatic carbocycles. The van der Waals surface area contributed by atoms with Crippen LogP contribution in [0.3, 0.4) is 0 Å². The van der Waals surface area contributed by atoms with Crippen LogP contribution in [0.2, 0.25) is 0 Å². The zero-order valence-electron chi connectivity index (χ0n) is 11.6. The van der Waals surface area contributed by atoms with Crippen LogP contribution < -0.4 is 9.47 Å². The van der Waals surface area contributed by atoms with Crippen molar-refractivity contribution < 1.29 is 9.47 Å². The number of aromatic nitrogens is 2. The van der Waals surface area contributed by atoms with Crippen LogP contribution >= 0.6 is 0 Å². The van der Waals surface area contributed by atoms with Crippen LogP contribution in [0.25, 0.3) is 10.9 Å². The van der Waals surface area contributed by atoms with Crippen molar-refractivity contribution in [1.29, 1.82) is 0 Å². The lowest BCUT2D eigenvalue weighted by atomic mass is 9.84. The maximum absolute atomic E-state index is 5.34. The highest BCUT2D eigenvalue weighted by molar-refractivity contribution is 5.84. The van der Waals surface area contributed by atoms with E-state index in [-0.39, 0.29) is 0 Å². The Balaban J connectivity index is 2.17. The van der Waals surface area contributed by atoms with Gasteiger partial charge in [-0.2, -0.15) is 0 Å². The number of ether oxygens (including phenoxy) is 2. The molecule has 4 nitrogen and oxygen atoms in total. The van der Waals surface area contributed by atoms with Crippen LogP contribution in [-0.4, -0.2) is 24.2 Å². The van der Waals surface area contributed by atoms with Gasteiger partial charge in [-0.25, -0.2) is 9.97 Å². The summed E-state index contributed by atoms with van der Waals surface area (Å²) in [6.45, 7) is 2.03. The van der Waals surface area contributed by atoms with E-state index >= 15 is 0 Å². The lowest BCUT2D eigenvalue weighted by molar-refractivity contribution is 0.355. The number of aryl methyl sites for hydroxylation is 1. The van der Waals surface area contributed by atoms with E-state index < -0.39 is 0 Å². The Morgan fingerprint density at radius 3 is 2.32 bits per heavy atom. The molecule has 1 heterocycles. The van der Waals surface area contributed by atoms with Gasteiger partial charge in [-0.3, -0.25) is 0 Å². The van der Waals surface area contributed by atoms with Crippen LogP contribution in [0.5, 0.6) is 11.5 Å². The van der Waals surface area contributed by atoms with Crippen molar-refractivity contribution >= 4 is 10.9 Å². The van der Waals surface area contributed by atoms with Crippen molar-refractivity contribution in [2.24, 2.45) is 0 Å². The molecule has 0 radical (unpaired) electrons. The van der Waals surface area contributed by atoms with Crippen molar-refractivity contribution in [2.45, 2.75) is 32.1 Å². The van der Waals surface area contributed by atoms with Crippen molar-refractivity contribution in [3.05, 3.63) is 23.7 Å². The second-order valence-electron chi connectivity index (χ2n) is 5.02. The van der Waals surface area contributed by atoms with E-state index in [0.29, 0.717) is 11.7 Å². The number of methoxy groups -OCH3 is 2. The number of nitrogens with zero attached hydrogens (tertiary/aromatic N) is 2. The SMILES string of the molecule is COc1cc2nc(C3CCC3)nc(C)c2cc1OC. The van der Waals surface area contributed by atoms with E-state index in [0.717, 1.165) is 28.2 Å². The second kappa shape index (κ2) is 4.68. The summed E-state index contributed by atoms with van der Waals surface area (Å²) < 4.78 is 10.7. The zero-order valence-corrected chi connectivity index (χ0v) is 11.6. The van der Waals surface area contributed by atoms with Crippen LogP contribution in [0.1, 0.15) is 36.7 Å². The molecule has 0 saturated heterocycles. The highest BCUT2D eigenvalue weighted by atomic mass is 16.5. The summed E-state index contributed by atoms with van der Waals surface area (Å²) >= 11 is 0. The first-order chi connectivity index (χ1) is 9.22. The predicted molar refractivity (Wildman–Crippen MR) is 74.0 cm³/mol. The van der Waals surface area contributed by atoms with Crippen molar-refractivity contribution in [3.8, 4) is 11.5 Å². The van der Waals surface area contributed by atoms with Gasteiger partial charge in [0.25, 0.3) is 0 Å². The third-order valence-electron chi connectivity index (χ3n) is 3.88. The van der Waals surface area contributed by atoms with E-state index in [9.17, 15) is 0 Å². The zero-order chi connectivity index (χ0) is 13.4. The molecular weight excluding hydrogens is 240 g/mol. The Kier molecular flexibility index (Phi) is 3.01. The van der Waals surface area contributed by atoms with Gasteiger partial charge in [-0.15, -0.1) is 0 Å². The van der Waals surface area contributed by atoms with Crippen LogP contribution in [0.4, 0.5) is 0 Å². The van der Waals surface area contributed by atoms with Crippen LogP contribution in [0.15, 0.2) is 12.1 Å². The second-order valence-corrected chi connectivity index (χ2v) is 5.02. The molecule has 19 heavy (non-hydrogen) atoms. The topological polar surface area (TPSA) is 44.2 Å². The van der Waals surface area contributed by atoms with Gasteiger partial charge in [0.1, 0.15) is 5.82 Å². The molecule has 1 saturated carbocycles. The number of fused-ring (bicyclic) bond motifs is 1. The lowest BCUT2D eigenvalue weighted by Gasteiger charge is -2.24. The molecule has 100 valence electrons. The molecule has 1 aliphatic carbocycles.